The van der Waals surface area contributed by atoms with Crippen LogP contribution in [0.1, 0.15) is 12.8 Å². The van der Waals surface area contributed by atoms with Crippen LogP contribution in [0.3, 0.4) is 0 Å². The summed E-state index contributed by atoms with van der Waals surface area (Å²) in [7, 11) is 0. The van der Waals surface area contributed by atoms with Crippen LogP contribution in [0.4, 0.5) is 0 Å². The molecular weight excluding hydrogens is 258 g/mol. The molecule has 8 heteroatoms. The molecule has 2 rings (SSSR count). The van der Waals surface area contributed by atoms with Gasteiger partial charge in [0.05, 0.1) is 31.0 Å². The average molecular weight is 279 g/mol. The van der Waals surface area contributed by atoms with E-state index in [1.54, 1.807) is 0 Å². The maximum Gasteiger partial charge on any atom is 0.183 e. The lowest BCUT2D eigenvalue weighted by molar-refractivity contribution is -0.128. The summed E-state index contributed by atoms with van der Waals surface area (Å²) < 4.78 is 5.00. The van der Waals surface area contributed by atoms with Crippen molar-refractivity contribution in [3.8, 4) is 0 Å². The van der Waals surface area contributed by atoms with Crippen molar-refractivity contribution in [2.75, 3.05) is 6.61 Å². The molecule has 0 radical (unpaired) electrons. The Bertz CT molecular complexity index is 305. The standard InChI is InChI=1S/C11H21NO7/c13-3-5-8(15)7(14)4(12-5)1-2-6-9(16)10(17)11(18)19-6/h4-18H,1-3H2/t4-,5-,6+,7-,8-,9-,10-,11?/m1/s1. The lowest BCUT2D eigenvalue weighted by Crippen LogP contribution is -2.37. The molecule has 2 aliphatic heterocycles. The van der Waals surface area contributed by atoms with Gasteiger partial charge in [0.1, 0.15) is 12.2 Å². The third-order valence-corrected chi connectivity index (χ3v) is 3.90. The van der Waals surface area contributed by atoms with Crippen LogP contribution in [0.2, 0.25) is 0 Å². The summed E-state index contributed by atoms with van der Waals surface area (Å²) in [5, 5.41) is 59.5. The van der Waals surface area contributed by atoms with Gasteiger partial charge >= 0.3 is 0 Å². The largest absolute Gasteiger partial charge is 0.395 e. The topological polar surface area (TPSA) is 143 Å². The number of rotatable bonds is 4. The Morgan fingerprint density at radius 2 is 1.42 bits per heavy atom. The fourth-order valence-electron chi connectivity index (χ4n) is 2.67. The first-order valence-corrected chi connectivity index (χ1v) is 6.38. The van der Waals surface area contributed by atoms with Gasteiger partial charge in [-0.05, 0) is 12.8 Å². The molecule has 0 saturated carbocycles. The Morgan fingerprint density at radius 1 is 0.789 bits per heavy atom. The highest BCUT2D eigenvalue weighted by atomic mass is 16.6. The molecule has 112 valence electrons. The Hall–Kier alpha value is -0.320. The molecule has 0 spiro atoms. The van der Waals surface area contributed by atoms with Crippen molar-refractivity contribution in [3.05, 3.63) is 0 Å². The second-order valence-electron chi connectivity index (χ2n) is 5.17. The molecule has 8 nitrogen and oxygen atoms in total. The molecule has 1 unspecified atom stereocenters. The van der Waals surface area contributed by atoms with Gasteiger partial charge in [-0.1, -0.05) is 0 Å². The van der Waals surface area contributed by atoms with E-state index in [1.807, 2.05) is 0 Å². The first-order valence-electron chi connectivity index (χ1n) is 6.38. The number of aliphatic hydroxyl groups excluding tert-OH is 6. The number of nitrogens with one attached hydrogen (secondary N) is 1. The minimum Gasteiger partial charge on any atom is -0.395 e. The molecule has 0 aromatic heterocycles. The quantitative estimate of drug-likeness (QED) is 0.278. The normalized spacial score (nSPS) is 50.8. The van der Waals surface area contributed by atoms with E-state index in [0.717, 1.165) is 0 Å². The first-order chi connectivity index (χ1) is 8.95. The van der Waals surface area contributed by atoms with Gasteiger partial charge in [-0.3, -0.25) is 0 Å². The molecule has 2 fully saturated rings. The summed E-state index contributed by atoms with van der Waals surface area (Å²) in [6, 6.07) is -1.01. The molecule has 7 N–H and O–H groups in total. The van der Waals surface area contributed by atoms with Crippen LogP contribution in [0.5, 0.6) is 0 Å². The van der Waals surface area contributed by atoms with Gasteiger partial charge in [-0.15, -0.1) is 0 Å². The highest BCUT2D eigenvalue weighted by Gasteiger charge is 2.44. The van der Waals surface area contributed by atoms with E-state index < -0.39 is 48.9 Å². The summed E-state index contributed by atoms with van der Waals surface area (Å²) in [5.41, 5.74) is 0. The fraction of sp³-hybridized carbons (Fsp3) is 1.00. The van der Waals surface area contributed by atoms with Crippen molar-refractivity contribution in [2.45, 2.75) is 61.7 Å². The minimum absolute atomic E-state index is 0.283. The van der Waals surface area contributed by atoms with Crippen molar-refractivity contribution < 1.29 is 35.4 Å². The highest BCUT2D eigenvalue weighted by Crippen LogP contribution is 2.26. The molecule has 2 aliphatic rings. The monoisotopic (exact) mass is 279 g/mol. The molecule has 19 heavy (non-hydrogen) atoms. The third-order valence-electron chi connectivity index (χ3n) is 3.90. The highest BCUT2D eigenvalue weighted by molar-refractivity contribution is 4.98. The Balaban J connectivity index is 1.83. The van der Waals surface area contributed by atoms with Gasteiger partial charge in [0.2, 0.25) is 0 Å². The molecule has 0 bridgehead atoms. The Labute approximate surface area is 110 Å². The lowest BCUT2D eigenvalue weighted by Gasteiger charge is -2.19. The molecule has 0 aromatic carbocycles. The minimum atomic E-state index is -1.41. The van der Waals surface area contributed by atoms with E-state index in [4.69, 9.17) is 9.84 Å². The van der Waals surface area contributed by atoms with Crippen molar-refractivity contribution in [1.29, 1.82) is 0 Å². The Kier molecular flexibility index (Phi) is 4.75. The van der Waals surface area contributed by atoms with E-state index in [-0.39, 0.29) is 6.61 Å². The van der Waals surface area contributed by atoms with Crippen molar-refractivity contribution in [1.82, 2.24) is 5.32 Å². The number of hydrogen-bond acceptors (Lipinski definition) is 8. The molecular formula is C11H21NO7. The maximum absolute atomic E-state index is 9.78. The predicted molar refractivity (Wildman–Crippen MR) is 61.9 cm³/mol. The van der Waals surface area contributed by atoms with Crippen LogP contribution >= 0.6 is 0 Å². The lowest BCUT2D eigenvalue weighted by atomic mass is 9.99. The fourth-order valence-corrected chi connectivity index (χ4v) is 2.67. The smallest absolute Gasteiger partial charge is 0.183 e. The molecule has 2 saturated heterocycles. The molecule has 0 aliphatic carbocycles. The van der Waals surface area contributed by atoms with E-state index in [2.05, 4.69) is 5.32 Å². The van der Waals surface area contributed by atoms with Gasteiger partial charge in [-0.25, -0.2) is 0 Å². The van der Waals surface area contributed by atoms with Crippen LogP contribution in [-0.2, 0) is 4.74 Å². The van der Waals surface area contributed by atoms with Crippen molar-refractivity contribution >= 4 is 0 Å². The van der Waals surface area contributed by atoms with Gasteiger partial charge in [0.15, 0.2) is 6.29 Å². The summed E-state index contributed by atoms with van der Waals surface area (Å²) in [6.45, 7) is -0.283. The summed E-state index contributed by atoms with van der Waals surface area (Å²) in [6.07, 6.45) is -6.01. The summed E-state index contributed by atoms with van der Waals surface area (Å²) in [5.74, 6) is 0. The summed E-state index contributed by atoms with van der Waals surface area (Å²) in [4.78, 5) is 0. The first kappa shape index (κ1) is 15.1. The third kappa shape index (κ3) is 2.91. The van der Waals surface area contributed by atoms with Gasteiger partial charge in [0.25, 0.3) is 0 Å². The predicted octanol–water partition coefficient (Wildman–Crippen LogP) is -3.74. The van der Waals surface area contributed by atoms with Crippen LogP contribution in [0.15, 0.2) is 0 Å². The average Bonchev–Trinajstić information content (AvgIpc) is 2.81. The number of aliphatic hydroxyl groups is 6. The van der Waals surface area contributed by atoms with E-state index >= 15 is 0 Å². The van der Waals surface area contributed by atoms with E-state index in [1.165, 1.54) is 0 Å². The summed E-state index contributed by atoms with van der Waals surface area (Å²) >= 11 is 0. The van der Waals surface area contributed by atoms with Gasteiger partial charge in [-0.2, -0.15) is 0 Å². The van der Waals surface area contributed by atoms with Crippen LogP contribution in [0.25, 0.3) is 0 Å². The Morgan fingerprint density at radius 3 is 1.89 bits per heavy atom. The van der Waals surface area contributed by atoms with Gasteiger partial charge < -0.3 is 40.7 Å². The van der Waals surface area contributed by atoms with E-state index in [9.17, 15) is 25.5 Å². The second kappa shape index (κ2) is 5.98. The zero-order valence-electron chi connectivity index (χ0n) is 10.3. The van der Waals surface area contributed by atoms with Crippen molar-refractivity contribution in [3.63, 3.8) is 0 Å². The maximum atomic E-state index is 9.78. The van der Waals surface area contributed by atoms with E-state index in [0.29, 0.717) is 12.8 Å². The van der Waals surface area contributed by atoms with Crippen LogP contribution in [-0.4, -0.2) is 86.1 Å². The molecule has 2 heterocycles. The van der Waals surface area contributed by atoms with Crippen molar-refractivity contribution in [2.24, 2.45) is 0 Å². The molecule has 0 amide bonds. The van der Waals surface area contributed by atoms with Gasteiger partial charge in [0, 0.05) is 6.04 Å². The SMILES string of the molecule is OC[C@H]1N[C@H](CC[C@@H]2OC(O)[C@H](O)[C@@H]2O)[C@@H](O)[C@@H]1O. The van der Waals surface area contributed by atoms with Crippen LogP contribution in [0, 0.1) is 0 Å². The second-order valence-corrected chi connectivity index (χ2v) is 5.17. The zero-order chi connectivity index (χ0) is 14.2. The van der Waals surface area contributed by atoms with Crippen LogP contribution < -0.4 is 5.32 Å². The molecule has 0 aromatic rings. The number of hydrogen-bond donors (Lipinski definition) is 7. The molecule has 8 atom stereocenters. The zero-order valence-corrected chi connectivity index (χ0v) is 10.3. The number of ether oxygens (including phenoxy) is 1.